The zero-order valence-electron chi connectivity index (χ0n) is 11.0. The Bertz CT molecular complexity index is 328. The highest BCUT2D eigenvalue weighted by Gasteiger charge is 2.05. The van der Waals surface area contributed by atoms with Crippen LogP contribution in [-0.2, 0) is 6.54 Å². The molecule has 1 heterocycles. The van der Waals surface area contributed by atoms with E-state index in [1.54, 1.807) is 6.20 Å². The topological polar surface area (TPSA) is 68.6 Å². The summed E-state index contributed by atoms with van der Waals surface area (Å²) in [4.78, 5) is 6.26. The van der Waals surface area contributed by atoms with Crippen LogP contribution in [0.3, 0.4) is 0 Å². The van der Waals surface area contributed by atoms with E-state index >= 15 is 0 Å². The number of hydrogen-bond acceptors (Lipinski definition) is 5. The van der Waals surface area contributed by atoms with Gasteiger partial charge in [0, 0.05) is 32.4 Å². The summed E-state index contributed by atoms with van der Waals surface area (Å²) in [6, 6.07) is 3.97. The molecule has 0 aromatic carbocycles. The molecule has 0 spiro atoms. The smallest absolute Gasteiger partial charge is 0.126 e. The molecule has 5 heteroatoms. The molecule has 0 bridgehead atoms. The van der Waals surface area contributed by atoms with E-state index in [0.29, 0.717) is 19.6 Å². The summed E-state index contributed by atoms with van der Waals surface area (Å²) in [6.45, 7) is 5.08. The minimum absolute atomic E-state index is 0.103. The molecule has 0 radical (unpaired) electrons. The number of rotatable bonds is 9. The number of anilines is 1. The molecule has 5 nitrogen and oxygen atoms in total. The van der Waals surface area contributed by atoms with Gasteiger partial charge in [-0.1, -0.05) is 6.92 Å². The zero-order valence-corrected chi connectivity index (χ0v) is 11.0. The van der Waals surface area contributed by atoms with E-state index in [1.165, 1.54) is 0 Å². The van der Waals surface area contributed by atoms with Crippen molar-refractivity contribution in [2.45, 2.75) is 19.9 Å². The number of pyridine rings is 1. The van der Waals surface area contributed by atoms with Crippen molar-refractivity contribution in [3.63, 3.8) is 0 Å². The van der Waals surface area contributed by atoms with Gasteiger partial charge in [0.15, 0.2) is 0 Å². The second-order valence-electron chi connectivity index (χ2n) is 4.20. The van der Waals surface area contributed by atoms with Crippen molar-refractivity contribution >= 4 is 5.82 Å². The van der Waals surface area contributed by atoms with E-state index in [9.17, 15) is 0 Å². The van der Waals surface area contributed by atoms with Crippen molar-refractivity contribution in [1.82, 2.24) is 9.88 Å². The first-order chi connectivity index (χ1) is 8.80. The normalized spacial score (nSPS) is 10.9. The Kier molecular flexibility index (Phi) is 7.32. The van der Waals surface area contributed by atoms with Gasteiger partial charge in [0.05, 0.1) is 13.2 Å². The summed E-state index contributed by atoms with van der Waals surface area (Å²) in [5.41, 5.74) is 1.13. The van der Waals surface area contributed by atoms with E-state index in [-0.39, 0.29) is 13.2 Å². The first-order valence-electron chi connectivity index (χ1n) is 6.43. The number of nitrogens with zero attached hydrogens (tertiary/aromatic N) is 2. The van der Waals surface area contributed by atoms with Crippen LogP contribution in [0.4, 0.5) is 5.82 Å². The van der Waals surface area contributed by atoms with Gasteiger partial charge < -0.3 is 15.5 Å². The van der Waals surface area contributed by atoms with Crippen LogP contribution in [0.25, 0.3) is 0 Å². The van der Waals surface area contributed by atoms with Crippen LogP contribution >= 0.6 is 0 Å². The molecule has 0 saturated carbocycles. The van der Waals surface area contributed by atoms with Gasteiger partial charge in [-0.3, -0.25) is 4.90 Å². The Morgan fingerprint density at radius 3 is 2.61 bits per heavy atom. The Balaban J connectivity index is 2.58. The molecule has 0 fully saturated rings. The summed E-state index contributed by atoms with van der Waals surface area (Å²) < 4.78 is 0. The molecular weight excluding hydrogens is 230 g/mol. The number of aromatic nitrogens is 1. The summed E-state index contributed by atoms with van der Waals surface area (Å²) in [5, 5.41) is 21.2. The molecule has 1 aromatic heterocycles. The quantitative estimate of drug-likeness (QED) is 0.604. The van der Waals surface area contributed by atoms with Crippen LogP contribution in [0.15, 0.2) is 18.3 Å². The first kappa shape index (κ1) is 14.9. The van der Waals surface area contributed by atoms with Crippen LogP contribution < -0.4 is 5.32 Å². The van der Waals surface area contributed by atoms with Crippen molar-refractivity contribution in [3.05, 3.63) is 23.9 Å². The predicted octanol–water partition coefficient (Wildman–Crippen LogP) is 0.690. The van der Waals surface area contributed by atoms with Crippen molar-refractivity contribution < 1.29 is 10.2 Å². The second-order valence-corrected chi connectivity index (χ2v) is 4.20. The number of nitrogens with one attached hydrogen (secondary N) is 1. The summed E-state index contributed by atoms with van der Waals surface area (Å²) in [7, 11) is 0. The minimum Gasteiger partial charge on any atom is -0.395 e. The summed E-state index contributed by atoms with van der Waals surface area (Å²) >= 11 is 0. The van der Waals surface area contributed by atoms with E-state index in [4.69, 9.17) is 10.2 Å². The molecule has 0 aliphatic heterocycles. The maximum Gasteiger partial charge on any atom is 0.126 e. The Labute approximate surface area is 108 Å². The highest BCUT2D eigenvalue weighted by atomic mass is 16.3. The molecule has 0 atom stereocenters. The molecule has 1 aromatic rings. The zero-order chi connectivity index (χ0) is 13.2. The minimum atomic E-state index is 0.103. The lowest BCUT2D eigenvalue weighted by molar-refractivity contribution is 0.156. The summed E-state index contributed by atoms with van der Waals surface area (Å²) in [5.74, 6) is 0.877. The average Bonchev–Trinajstić information content (AvgIpc) is 2.37. The molecular formula is C13H23N3O2. The van der Waals surface area contributed by atoms with Crippen molar-refractivity contribution in [3.8, 4) is 0 Å². The van der Waals surface area contributed by atoms with E-state index in [0.717, 1.165) is 24.3 Å². The van der Waals surface area contributed by atoms with E-state index in [2.05, 4.69) is 17.2 Å². The Morgan fingerprint density at radius 1 is 1.28 bits per heavy atom. The van der Waals surface area contributed by atoms with Gasteiger partial charge >= 0.3 is 0 Å². The molecule has 0 saturated heterocycles. The maximum absolute atomic E-state index is 8.96. The van der Waals surface area contributed by atoms with Gasteiger partial charge in [0.2, 0.25) is 0 Å². The fourth-order valence-corrected chi connectivity index (χ4v) is 1.73. The monoisotopic (exact) mass is 253 g/mol. The van der Waals surface area contributed by atoms with Crippen LogP contribution in [0.1, 0.15) is 18.9 Å². The molecule has 0 amide bonds. The third-order valence-electron chi connectivity index (χ3n) is 2.62. The van der Waals surface area contributed by atoms with Crippen LogP contribution in [0.2, 0.25) is 0 Å². The largest absolute Gasteiger partial charge is 0.395 e. The van der Waals surface area contributed by atoms with E-state index < -0.39 is 0 Å². The second kappa shape index (κ2) is 8.85. The highest BCUT2D eigenvalue weighted by molar-refractivity contribution is 5.37. The Hall–Kier alpha value is -1.17. The number of aliphatic hydroxyl groups excluding tert-OH is 2. The molecule has 0 aliphatic carbocycles. The fraction of sp³-hybridized carbons (Fsp3) is 0.615. The highest BCUT2D eigenvalue weighted by Crippen LogP contribution is 2.09. The van der Waals surface area contributed by atoms with Gasteiger partial charge in [-0.15, -0.1) is 0 Å². The van der Waals surface area contributed by atoms with Gasteiger partial charge in [-0.05, 0) is 24.1 Å². The standard InChI is InChI=1S/C13H23N3O2/c1-2-4-14-13-10-12(3-5-15-13)11-16(6-8-17)7-9-18/h3,5,10,17-18H,2,4,6-9,11H2,1H3,(H,14,15). The predicted molar refractivity (Wildman–Crippen MR) is 72.5 cm³/mol. The average molecular weight is 253 g/mol. The van der Waals surface area contributed by atoms with Crippen LogP contribution in [0, 0.1) is 0 Å². The lowest BCUT2D eigenvalue weighted by Crippen LogP contribution is -2.29. The van der Waals surface area contributed by atoms with Gasteiger partial charge in [-0.25, -0.2) is 4.98 Å². The van der Waals surface area contributed by atoms with E-state index in [1.807, 2.05) is 17.0 Å². The van der Waals surface area contributed by atoms with Crippen molar-refractivity contribution in [2.75, 3.05) is 38.2 Å². The SMILES string of the molecule is CCCNc1cc(CN(CCO)CCO)ccn1. The number of hydrogen-bond donors (Lipinski definition) is 3. The third kappa shape index (κ3) is 5.44. The van der Waals surface area contributed by atoms with Gasteiger partial charge in [-0.2, -0.15) is 0 Å². The lowest BCUT2D eigenvalue weighted by atomic mass is 10.2. The van der Waals surface area contributed by atoms with Crippen LogP contribution in [0.5, 0.6) is 0 Å². The maximum atomic E-state index is 8.96. The fourth-order valence-electron chi connectivity index (χ4n) is 1.73. The van der Waals surface area contributed by atoms with Crippen LogP contribution in [-0.4, -0.2) is 52.9 Å². The van der Waals surface area contributed by atoms with Crippen molar-refractivity contribution in [1.29, 1.82) is 0 Å². The Morgan fingerprint density at radius 2 is 2.00 bits per heavy atom. The lowest BCUT2D eigenvalue weighted by Gasteiger charge is -2.20. The summed E-state index contributed by atoms with van der Waals surface area (Å²) in [6.07, 6.45) is 2.84. The number of aliphatic hydroxyl groups is 2. The van der Waals surface area contributed by atoms with Crippen molar-refractivity contribution in [2.24, 2.45) is 0 Å². The van der Waals surface area contributed by atoms with Gasteiger partial charge in [0.1, 0.15) is 5.82 Å². The molecule has 102 valence electrons. The van der Waals surface area contributed by atoms with Gasteiger partial charge in [0.25, 0.3) is 0 Å². The molecule has 1 rings (SSSR count). The molecule has 3 N–H and O–H groups in total. The molecule has 18 heavy (non-hydrogen) atoms. The molecule has 0 unspecified atom stereocenters. The third-order valence-corrected chi connectivity index (χ3v) is 2.62. The molecule has 0 aliphatic rings. The first-order valence-corrected chi connectivity index (χ1v) is 6.43.